The Morgan fingerprint density at radius 1 is 1.38 bits per heavy atom. The van der Waals surface area contributed by atoms with Crippen LogP contribution in [0.2, 0.25) is 0 Å². The van der Waals surface area contributed by atoms with Crippen molar-refractivity contribution >= 4 is 15.6 Å². The lowest BCUT2D eigenvalue weighted by atomic mass is 10.0. The molecule has 1 aliphatic heterocycles. The molecule has 2 rings (SSSR count). The molecule has 1 aliphatic rings. The van der Waals surface area contributed by atoms with Gasteiger partial charge in [-0.15, -0.1) is 0 Å². The normalized spacial score (nSPS) is 21.0. The van der Waals surface area contributed by atoms with Crippen LogP contribution in [0.5, 0.6) is 5.75 Å². The lowest BCUT2D eigenvalue weighted by molar-refractivity contribution is -0.118. The monoisotopic (exact) mass is 311 g/mol. The van der Waals surface area contributed by atoms with E-state index >= 15 is 0 Å². The van der Waals surface area contributed by atoms with Gasteiger partial charge in [-0.1, -0.05) is 6.42 Å². The Balaban J connectivity index is 2.24. The average molecular weight is 311 g/mol. The number of hydrogen-bond donors (Lipinski definition) is 0. The van der Waals surface area contributed by atoms with E-state index in [0.29, 0.717) is 24.3 Å². The van der Waals surface area contributed by atoms with Gasteiger partial charge in [0.15, 0.2) is 15.6 Å². The lowest BCUT2D eigenvalue weighted by Crippen LogP contribution is -2.36. The molecule has 5 nitrogen and oxygen atoms in total. The van der Waals surface area contributed by atoms with Crippen molar-refractivity contribution < 1.29 is 17.9 Å². The summed E-state index contributed by atoms with van der Waals surface area (Å²) in [4.78, 5) is 16.6. The van der Waals surface area contributed by atoms with Gasteiger partial charge in [0.1, 0.15) is 11.0 Å². The molecule has 1 unspecified atom stereocenters. The molecule has 1 atom stereocenters. The molecule has 116 valence electrons. The first-order valence-corrected chi connectivity index (χ1v) is 8.81. The molecule has 1 aromatic heterocycles. The number of ether oxygens (including phenoxy) is 1. The second kappa shape index (κ2) is 6.13. The number of rotatable bonds is 4. The van der Waals surface area contributed by atoms with Crippen LogP contribution in [0.1, 0.15) is 36.1 Å². The van der Waals surface area contributed by atoms with Crippen LogP contribution in [-0.2, 0) is 21.1 Å². The highest BCUT2D eigenvalue weighted by Crippen LogP contribution is 2.26. The smallest absolute Gasteiger partial charge is 0.160 e. The number of nitrogens with zero attached hydrogens (tertiary/aromatic N) is 1. The Hall–Kier alpha value is -1.43. The van der Waals surface area contributed by atoms with Gasteiger partial charge < -0.3 is 4.74 Å². The number of Topliss-reactive ketones (excluding diaryl/α,β-unsaturated/α-hetero) is 1. The molecule has 2 heterocycles. The molecule has 0 aliphatic carbocycles. The van der Waals surface area contributed by atoms with Gasteiger partial charge in [0.25, 0.3) is 0 Å². The van der Waals surface area contributed by atoms with Crippen LogP contribution in [0.3, 0.4) is 0 Å². The maximum absolute atomic E-state index is 12.4. The number of ketones is 1. The van der Waals surface area contributed by atoms with Gasteiger partial charge in [-0.2, -0.15) is 0 Å². The number of pyridine rings is 1. The van der Waals surface area contributed by atoms with Crippen LogP contribution >= 0.6 is 0 Å². The van der Waals surface area contributed by atoms with E-state index in [1.54, 1.807) is 13.3 Å². The van der Waals surface area contributed by atoms with Crippen LogP contribution < -0.4 is 4.74 Å². The minimum atomic E-state index is -3.29. The van der Waals surface area contributed by atoms with Gasteiger partial charge >= 0.3 is 0 Å². The van der Waals surface area contributed by atoms with E-state index in [2.05, 4.69) is 4.98 Å². The summed E-state index contributed by atoms with van der Waals surface area (Å²) < 4.78 is 29.3. The second-order valence-corrected chi connectivity index (χ2v) is 7.84. The third-order valence-corrected chi connectivity index (χ3v) is 6.25. The molecule has 21 heavy (non-hydrogen) atoms. The van der Waals surface area contributed by atoms with Crippen LogP contribution in [-0.4, -0.2) is 37.3 Å². The number of carbonyl (C=O) groups excluding carboxylic acids is 1. The van der Waals surface area contributed by atoms with Crippen molar-refractivity contribution in [2.75, 3.05) is 12.9 Å². The van der Waals surface area contributed by atoms with Crippen molar-refractivity contribution in [2.45, 2.75) is 44.8 Å². The molecule has 0 N–H and O–H groups in total. The van der Waals surface area contributed by atoms with E-state index in [0.717, 1.165) is 17.5 Å². The summed E-state index contributed by atoms with van der Waals surface area (Å²) in [5, 5.41) is -0.861. The van der Waals surface area contributed by atoms with Crippen molar-refractivity contribution in [3.8, 4) is 5.75 Å². The third-order valence-electron chi connectivity index (χ3n) is 4.03. The number of sulfone groups is 1. The number of methoxy groups -OCH3 is 1. The largest absolute Gasteiger partial charge is 0.496 e. The number of carbonyl (C=O) groups is 1. The first-order chi connectivity index (χ1) is 9.86. The van der Waals surface area contributed by atoms with Crippen molar-refractivity contribution in [3.63, 3.8) is 0 Å². The van der Waals surface area contributed by atoms with Crippen LogP contribution in [0.4, 0.5) is 0 Å². The maximum atomic E-state index is 12.4. The molecule has 0 bridgehead atoms. The van der Waals surface area contributed by atoms with E-state index < -0.39 is 15.1 Å². The van der Waals surface area contributed by atoms with Crippen LogP contribution in [0, 0.1) is 13.8 Å². The van der Waals surface area contributed by atoms with E-state index in [1.165, 1.54) is 0 Å². The fourth-order valence-electron chi connectivity index (χ4n) is 2.84. The summed E-state index contributed by atoms with van der Waals surface area (Å²) in [7, 11) is -1.71. The van der Waals surface area contributed by atoms with E-state index in [1.807, 2.05) is 13.8 Å². The highest BCUT2D eigenvalue weighted by Gasteiger charge is 2.34. The topological polar surface area (TPSA) is 73.3 Å². The molecule has 0 radical (unpaired) electrons. The molecular formula is C15H21NO4S. The molecule has 1 saturated heterocycles. The zero-order valence-electron chi connectivity index (χ0n) is 12.7. The Labute approximate surface area is 125 Å². The zero-order valence-corrected chi connectivity index (χ0v) is 13.5. The van der Waals surface area contributed by atoms with Gasteiger partial charge in [0, 0.05) is 17.3 Å². The van der Waals surface area contributed by atoms with Crippen molar-refractivity contribution in [3.05, 3.63) is 23.0 Å². The summed E-state index contributed by atoms with van der Waals surface area (Å²) >= 11 is 0. The summed E-state index contributed by atoms with van der Waals surface area (Å²) in [6.07, 6.45) is 3.58. The quantitative estimate of drug-likeness (QED) is 0.847. The summed E-state index contributed by atoms with van der Waals surface area (Å²) in [5.74, 6) is 0.572. The van der Waals surface area contributed by atoms with Crippen molar-refractivity contribution in [1.82, 2.24) is 4.98 Å². The molecular weight excluding hydrogens is 290 g/mol. The first-order valence-electron chi connectivity index (χ1n) is 7.10. The van der Waals surface area contributed by atoms with E-state index in [-0.39, 0.29) is 18.0 Å². The molecule has 0 saturated carbocycles. The van der Waals surface area contributed by atoms with Crippen molar-refractivity contribution in [1.29, 1.82) is 0 Å². The fraction of sp³-hybridized carbons (Fsp3) is 0.600. The van der Waals surface area contributed by atoms with E-state index in [4.69, 9.17) is 4.74 Å². The van der Waals surface area contributed by atoms with Gasteiger partial charge in [-0.3, -0.25) is 9.78 Å². The molecule has 1 fully saturated rings. The predicted octanol–water partition coefficient (Wildman–Crippen LogP) is 1.79. The first kappa shape index (κ1) is 15.9. The number of hydrogen-bond acceptors (Lipinski definition) is 5. The maximum Gasteiger partial charge on any atom is 0.160 e. The Morgan fingerprint density at radius 2 is 2.10 bits per heavy atom. The highest BCUT2D eigenvalue weighted by atomic mass is 32.2. The molecule has 6 heteroatoms. The van der Waals surface area contributed by atoms with E-state index in [9.17, 15) is 13.2 Å². The average Bonchev–Trinajstić information content (AvgIpc) is 2.42. The third kappa shape index (κ3) is 3.26. The van der Waals surface area contributed by atoms with Crippen LogP contribution in [0.15, 0.2) is 6.20 Å². The Kier molecular flexibility index (Phi) is 4.66. The van der Waals surface area contributed by atoms with Gasteiger partial charge in [-0.05, 0) is 26.7 Å². The second-order valence-electron chi connectivity index (χ2n) is 5.54. The van der Waals surface area contributed by atoms with Gasteiger partial charge in [0.2, 0.25) is 0 Å². The van der Waals surface area contributed by atoms with Crippen molar-refractivity contribution in [2.24, 2.45) is 0 Å². The Bertz CT molecular complexity index is 652. The minimum absolute atomic E-state index is 0.0480. The molecule has 0 amide bonds. The molecule has 0 aromatic carbocycles. The predicted molar refractivity (Wildman–Crippen MR) is 80.4 cm³/mol. The number of aryl methyl sites for hydroxylation is 1. The molecule has 0 spiro atoms. The van der Waals surface area contributed by atoms with Crippen LogP contribution in [0.25, 0.3) is 0 Å². The molecule has 1 aromatic rings. The standard InChI is InChI=1S/C15H21NO4S/c1-10-9-16-12(11(2)15(10)20-3)8-13(17)14-6-4-5-7-21(14,18)19/h9,14H,4-8H2,1-3H3. The minimum Gasteiger partial charge on any atom is -0.496 e. The summed E-state index contributed by atoms with van der Waals surface area (Å²) in [6, 6.07) is 0. The van der Waals surface area contributed by atoms with Gasteiger partial charge in [-0.25, -0.2) is 8.42 Å². The fourth-order valence-corrected chi connectivity index (χ4v) is 4.74. The zero-order chi connectivity index (χ0) is 15.6. The highest BCUT2D eigenvalue weighted by molar-refractivity contribution is 7.92. The lowest BCUT2D eigenvalue weighted by Gasteiger charge is -2.21. The number of aromatic nitrogens is 1. The summed E-state index contributed by atoms with van der Waals surface area (Å²) in [6.45, 7) is 3.73. The summed E-state index contributed by atoms with van der Waals surface area (Å²) in [5.41, 5.74) is 2.30. The van der Waals surface area contributed by atoms with Gasteiger partial charge in [0.05, 0.1) is 25.0 Å². The SMILES string of the molecule is COc1c(C)cnc(CC(=O)C2CCCCS2(=O)=O)c1C. The Morgan fingerprint density at radius 3 is 2.71 bits per heavy atom.